The van der Waals surface area contributed by atoms with Gasteiger partial charge in [-0.1, -0.05) is 13.8 Å². The number of nitrogens with one attached hydrogen (secondary N) is 1. The molecule has 0 radical (unpaired) electrons. The smallest absolute Gasteiger partial charge is 0.157 e. The maximum Gasteiger partial charge on any atom is 0.157 e. The molecule has 0 atom stereocenters. The van der Waals surface area contributed by atoms with Crippen LogP contribution in [0.15, 0.2) is 23.0 Å². The van der Waals surface area contributed by atoms with E-state index in [0.29, 0.717) is 6.42 Å². The van der Waals surface area contributed by atoms with Crippen LogP contribution in [-0.2, 0) is 4.79 Å². The zero-order valence-corrected chi connectivity index (χ0v) is 10.5. The van der Waals surface area contributed by atoms with Crippen molar-refractivity contribution in [2.45, 2.75) is 46.0 Å². The molecule has 2 rings (SSSR count). The second-order valence-electron chi connectivity index (χ2n) is 5.70. The van der Waals surface area contributed by atoms with Gasteiger partial charge in [0.2, 0.25) is 0 Å². The molecule has 0 bridgehead atoms. The lowest BCUT2D eigenvalue weighted by molar-refractivity contribution is -0.117. The van der Waals surface area contributed by atoms with Crippen molar-refractivity contribution in [1.29, 1.82) is 5.26 Å². The Balaban J connectivity index is 2.15. The zero-order valence-electron chi connectivity index (χ0n) is 10.5. The predicted octanol–water partition coefficient (Wildman–Crippen LogP) is 2.81. The van der Waals surface area contributed by atoms with Crippen LogP contribution in [-0.4, -0.2) is 5.78 Å². The number of ketones is 1. The number of allylic oxidation sites excluding steroid dienone is 4. The molecule has 0 aromatic carbocycles. The molecule has 0 aromatic heterocycles. The number of carbonyl (C=O) groups is 1. The molecular formula is C14H18N2O. The van der Waals surface area contributed by atoms with Gasteiger partial charge in [0.25, 0.3) is 0 Å². The molecule has 17 heavy (non-hydrogen) atoms. The molecular weight excluding hydrogens is 212 g/mol. The SMILES string of the molecule is CC1(C)CC(=O)C=C(NC2=C(C#N)CCC2)C1. The topological polar surface area (TPSA) is 52.9 Å². The third kappa shape index (κ3) is 2.76. The first kappa shape index (κ1) is 11.9. The van der Waals surface area contributed by atoms with Crippen LogP contribution in [0.25, 0.3) is 0 Å². The van der Waals surface area contributed by atoms with E-state index >= 15 is 0 Å². The van der Waals surface area contributed by atoms with Crippen molar-refractivity contribution in [2.24, 2.45) is 5.41 Å². The minimum atomic E-state index is 0.0279. The summed E-state index contributed by atoms with van der Waals surface area (Å²) in [6, 6.07) is 2.24. The number of hydrogen-bond donors (Lipinski definition) is 1. The van der Waals surface area contributed by atoms with E-state index < -0.39 is 0 Å². The Morgan fingerprint density at radius 1 is 1.35 bits per heavy atom. The van der Waals surface area contributed by atoms with E-state index in [-0.39, 0.29) is 11.2 Å². The summed E-state index contributed by atoms with van der Waals surface area (Å²) >= 11 is 0. The summed E-state index contributed by atoms with van der Waals surface area (Å²) in [5.74, 6) is 0.181. The summed E-state index contributed by atoms with van der Waals surface area (Å²) < 4.78 is 0. The summed E-state index contributed by atoms with van der Waals surface area (Å²) in [5.41, 5.74) is 2.86. The zero-order chi connectivity index (χ0) is 12.5. The van der Waals surface area contributed by atoms with Gasteiger partial charge in [-0.15, -0.1) is 0 Å². The fraction of sp³-hybridized carbons (Fsp3) is 0.571. The Kier molecular flexibility index (Phi) is 3.06. The summed E-state index contributed by atoms with van der Waals surface area (Å²) in [5, 5.41) is 12.3. The molecule has 0 unspecified atom stereocenters. The summed E-state index contributed by atoms with van der Waals surface area (Å²) in [6.07, 6.45) is 6.02. The third-order valence-electron chi connectivity index (χ3n) is 3.32. The molecule has 3 heteroatoms. The Morgan fingerprint density at radius 3 is 2.76 bits per heavy atom. The fourth-order valence-electron chi connectivity index (χ4n) is 2.63. The Bertz CT molecular complexity index is 449. The van der Waals surface area contributed by atoms with Gasteiger partial charge in [-0.2, -0.15) is 5.26 Å². The van der Waals surface area contributed by atoms with E-state index in [1.54, 1.807) is 6.08 Å². The third-order valence-corrected chi connectivity index (χ3v) is 3.32. The van der Waals surface area contributed by atoms with Gasteiger partial charge in [0.05, 0.1) is 6.07 Å². The van der Waals surface area contributed by atoms with Crippen molar-refractivity contribution in [3.05, 3.63) is 23.0 Å². The highest BCUT2D eigenvalue weighted by molar-refractivity contribution is 5.91. The molecule has 0 fully saturated rings. The summed E-state index contributed by atoms with van der Waals surface area (Å²) in [6.45, 7) is 4.21. The van der Waals surface area contributed by atoms with Crippen molar-refractivity contribution in [2.75, 3.05) is 0 Å². The monoisotopic (exact) mass is 230 g/mol. The maximum absolute atomic E-state index is 11.6. The Labute approximate surface area is 102 Å². The van der Waals surface area contributed by atoms with Crippen LogP contribution in [0, 0.1) is 16.7 Å². The highest BCUT2D eigenvalue weighted by atomic mass is 16.1. The Morgan fingerprint density at radius 2 is 2.12 bits per heavy atom. The minimum absolute atomic E-state index is 0.0279. The predicted molar refractivity (Wildman–Crippen MR) is 65.7 cm³/mol. The van der Waals surface area contributed by atoms with Gasteiger partial charge >= 0.3 is 0 Å². The van der Waals surface area contributed by atoms with Gasteiger partial charge in [0.1, 0.15) is 0 Å². The molecule has 0 saturated carbocycles. The van der Waals surface area contributed by atoms with Gasteiger partial charge in [-0.05, 0) is 31.1 Å². The molecule has 0 heterocycles. The van der Waals surface area contributed by atoms with Gasteiger partial charge in [-0.25, -0.2) is 0 Å². The number of nitrogens with zero attached hydrogens (tertiary/aromatic N) is 1. The van der Waals surface area contributed by atoms with Crippen LogP contribution in [0.5, 0.6) is 0 Å². The normalized spacial score (nSPS) is 23.4. The van der Waals surface area contributed by atoms with Crippen LogP contribution >= 0.6 is 0 Å². The van der Waals surface area contributed by atoms with E-state index in [2.05, 4.69) is 25.2 Å². The van der Waals surface area contributed by atoms with Crippen LogP contribution in [0.1, 0.15) is 46.0 Å². The van der Waals surface area contributed by atoms with Gasteiger partial charge < -0.3 is 5.32 Å². The molecule has 0 aromatic rings. The number of hydrogen-bond acceptors (Lipinski definition) is 3. The largest absolute Gasteiger partial charge is 0.361 e. The first-order chi connectivity index (χ1) is 8.00. The average Bonchev–Trinajstić information content (AvgIpc) is 2.61. The van der Waals surface area contributed by atoms with Crippen molar-refractivity contribution >= 4 is 5.78 Å². The lowest BCUT2D eigenvalue weighted by atomic mass is 9.79. The fourth-order valence-corrected chi connectivity index (χ4v) is 2.63. The molecule has 2 aliphatic rings. The van der Waals surface area contributed by atoms with Crippen LogP contribution in [0.2, 0.25) is 0 Å². The lowest BCUT2D eigenvalue weighted by Crippen LogP contribution is -2.27. The van der Waals surface area contributed by atoms with E-state index in [4.69, 9.17) is 5.26 Å². The minimum Gasteiger partial charge on any atom is -0.361 e. The average molecular weight is 230 g/mol. The first-order valence-electron chi connectivity index (χ1n) is 6.13. The highest BCUT2D eigenvalue weighted by Crippen LogP contribution is 2.34. The number of carbonyl (C=O) groups excluding carboxylic acids is 1. The number of nitriles is 1. The van der Waals surface area contributed by atoms with Crippen molar-refractivity contribution < 1.29 is 4.79 Å². The quantitative estimate of drug-likeness (QED) is 0.793. The lowest BCUT2D eigenvalue weighted by Gasteiger charge is -2.29. The van der Waals surface area contributed by atoms with Crippen molar-refractivity contribution in [1.82, 2.24) is 5.32 Å². The standard InChI is InChI=1S/C14H18N2O/c1-14(2)7-11(6-12(17)8-14)16-13-5-3-4-10(13)9-15/h6,16H,3-5,7-8H2,1-2H3. The van der Waals surface area contributed by atoms with E-state index in [1.165, 1.54) is 0 Å². The second kappa shape index (κ2) is 4.37. The van der Waals surface area contributed by atoms with Gasteiger partial charge in [-0.3, -0.25) is 4.79 Å². The van der Waals surface area contributed by atoms with E-state index in [0.717, 1.165) is 42.7 Å². The van der Waals surface area contributed by atoms with Crippen LogP contribution in [0.3, 0.4) is 0 Å². The van der Waals surface area contributed by atoms with Crippen molar-refractivity contribution in [3.8, 4) is 6.07 Å². The van der Waals surface area contributed by atoms with Gasteiger partial charge in [0.15, 0.2) is 5.78 Å². The van der Waals surface area contributed by atoms with Crippen LogP contribution in [0.4, 0.5) is 0 Å². The highest BCUT2D eigenvalue weighted by Gasteiger charge is 2.28. The summed E-state index contributed by atoms with van der Waals surface area (Å²) in [7, 11) is 0. The van der Waals surface area contributed by atoms with Crippen molar-refractivity contribution in [3.63, 3.8) is 0 Å². The molecule has 0 amide bonds. The van der Waals surface area contributed by atoms with E-state index in [9.17, 15) is 4.79 Å². The second-order valence-corrected chi connectivity index (χ2v) is 5.70. The molecule has 1 N–H and O–H groups in total. The number of rotatable bonds is 2. The molecule has 0 spiro atoms. The maximum atomic E-state index is 11.6. The Hall–Kier alpha value is -1.56. The molecule has 90 valence electrons. The van der Waals surface area contributed by atoms with Gasteiger partial charge in [0, 0.05) is 29.5 Å². The first-order valence-corrected chi connectivity index (χ1v) is 6.13. The molecule has 0 aliphatic heterocycles. The molecule has 3 nitrogen and oxygen atoms in total. The molecule has 0 saturated heterocycles. The van der Waals surface area contributed by atoms with Crippen LogP contribution < -0.4 is 5.32 Å². The molecule has 2 aliphatic carbocycles. The van der Waals surface area contributed by atoms with E-state index in [1.807, 2.05) is 0 Å². The summed E-state index contributed by atoms with van der Waals surface area (Å²) in [4.78, 5) is 11.6.